The molecule has 3 fully saturated rings. The summed E-state index contributed by atoms with van der Waals surface area (Å²) < 4.78 is 5.59. The van der Waals surface area contributed by atoms with E-state index in [1.807, 2.05) is 6.20 Å². The van der Waals surface area contributed by atoms with Gasteiger partial charge in [0.15, 0.2) is 0 Å². The second-order valence-corrected chi connectivity index (χ2v) is 10.6. The van der Waals surface area contributed by atoms with Gasteiger partial charge in [-0.05, 0) is 67.6 Å². The summed E-state index contributed by atoms with van der Waals surface area (Å²) in [7, 11) is 1.69. The van der Waals surface area contributed by atoms with Gasteiger partial charge in [-0.15, -0.1) is 0 Å². The lowest BCUT2D eigenvalue weighted by Crippen LogP contribution is -2.49. The fourth-order valence-corrected chi connectivity index (χ4v) is 6.22. The average molecular weight is 462 g/mol. The number of carbonyl (C=O) groups excluding carboxylic acids is 1. The molecular weight excluding hydrogens is 422 g/mol. The number of nitrogens with zero attached hydrogens (tertiary/aromatic N) is 2. The summed E-state index contributed by atoms with van der Waals surface area (Å²) in [5.41, 5.74) is 3.66. The molecule has 1 aliphatic heterocycles. The van der Waals surface area contributed by atoms with Gasteiger partial charge in [-0.25, -0.2) is 4.98 Å². The smallest absolute Gasteiger partial charge is 0.227 e. The summed E-state index contributed by atoms with van der Waals surface area (Å²) in [5.74, 6) is 2.26. The second kappa shape index (κ2) is 10.5. The van der Waals surface area contributed by atoms with E-state index in [1.54, 1.807) is 7.11 Å². The number of hydrogen-bond acceptors (Lipinski definition) is 4. The molecule has 0 bridgehead atoms. The summed E-state index contributed by atoms with van der Waals surface area (Å²) in [6.07, 6.45) is 12.4. The highest BCUT2D eigenvalue weighted by atomic mass is 16.5. The van der Waals surface area contributed by atoms with Gasteiger partial charge in [0.1, 0.15) is 0 Å². The van der Waals surface area contributed by atoms with E-state index in [9.17, 15) is 4.79 Å². The summed E-state index contributed by atoms with van der Waals surface area (Å²) in [6.45, 7) is 2.92. The van der Waals surface area contributed by atoms with Crippen LogP contribution in [0.5, 0.6) is 5.88 Å². The molecule has 34 heavy (non-hydrogen) atoms. The van der Waals surface area contributed by atoms with Crippen LogP contribution in [0.25, 0.3) is 0 Å². The first-order valence-electron chi connectivity index (χ1n) is 13.3. The van der Waals surface area contributed by atoms with Crippen LogP contribution in [0.1, 0.15) is 93.4 Å². The third-order valence-electron chi connectivity index (χ3n) is 8.50. The average Bonchev–Trinajstić information content (AvgIpc) is 3.26. The van der Waals surface area contributed by atoms with E-state index in [4.69, 9.17) is 4.74 Å². The predicted octanol–water partition coefficient (Wildman–Crippen LogP) is 5.96. The number of amides is 1. The highest BCUT2D eigenvalue weighted by molar-refractivity contribution is 5.80. The molecule has 5 heteroatoms. The summed E-state index contributed by atoms with van der Waals surface area (Å²) in [5, 5.41) is 3.74. The topological polar surface area (TPSA) is 54.5 Å². The first-order chi connectivity index (χ1) is 16.7. The van der Waals surface area contributed by atoms with Crippen molar-refractivity contribution in [1.29, 1.82) is 0 Å². The molecule has 2 aliphatic carbocycles. The molecule has 1 aromatic heterocycles. The van der Waals surface area contributed by atoms with Gasteiger partial charge in [0, 0.05) is 24.2 Å². The summed E-state index contributed by atoms with van der Waals surface area (Å²) in [6, 6.07) is 13.0. The van der Waals surface area contributed by atoms with Gasteiger partial charge in [-0.2, -0.15) is 0 Å². The number of pyridine rings is 1. The normalized spacial score (nSPS) is 27.4. The number of likely N-dealkylation sites (tertiary alicyclic amines) is 1. The Morgan fingerprint density at radius 3 is 2.53 bits per heavy atom. The number of hydrogen-bond donors (Lipinski definition) is 1. The Kier molecular flexibility index (Phi) is 7.19. The van der Waals surface area contributed by atoms with Crippen LogP contribution in [0, 0.1) is 11.8 Å². The van der Waals surface area contributed by atoms with E-state index in [-0.39, 0.29) is 18.1 Å². The molecule has 182 valence electrons. The quantitative estimate of drug-likeness (QED) is 0.552. The van der Waals surface area contributed by atoms with Gasteiger partial charge in [0.25, 0.3) is 0 Å². The van der Waals surface area contributed by atoms with Gasteiger partial charge in [-0.3, -0.25) is 10.1 Å². The van der Waals surface area contributed by atoms with E-state index < -0.39 is 0 Å². The molecule has 2 aromatic rings. The number of nitrogens with one attached hydrogen (secondary N) is 1. The largest absolute Gasteiger partial charge is 0.481 e. The summed E-state index contributed by atoms with van der Waals surface area (Å²) in [4.78, 5) is 20.8. The Morgan fingerprint density at radius 1 is 1.03 bits per heavy atom. The molecule has 4 atom stereocenters. The highest BCUT2D eigenvalue weighted by Crippen LogP contribution is 2.41. The standard InChI is InChI=1S/C29H39N3O2/c1-20-9-6-7-14-25(20)29(33)32-26(22-10-4-3-5-11-22)15-16-27(32)30-19-24-17-23(21-12-8-13-21)18-31-28(24)34-2/h3-5,10-11,17-18,20-21,25-27,30H,6-9,12-16,19H2,1-2H3. The third kappa shape index (κ3) is 4.72. The molecule has 1 aromatic carbocycles. The fourth-order valence-electron chi connectivity index (χ4n) is 6.22. The number of carbonyl (C=O) groups is 1. The first-order valence-corrected chi connectivity index (χ1v) is 13.3. The van der Waals surface area contributed by atoms with Crippen LogP contribution in [0.4, 0.5) is 0 Å². The predicted molar refractivity (Wildman–Crippen MR) is 134 cm³/mol. The van der Waals surface area contributed by atoms with Crippen molar-refractivity contribution in [2.45, 2.75) is 89.4 Å². The zero-order valence-electron chi connectivity index (χ0n) is 20.7. The Labute approximate surface area is 204 Å². The van der Waals surface area contributed by atoms with Crippen molar-refractivity contribution in [3.63, 3.8) is 0 Å². The van der Waals surface area contributed by atoms with Crippen molar-refractivity contribution < 1.29 is 9.53 Å². The van der Waals surface area contributed by atoms with Gasteiger partial charge in [-0.1, -0.05) is 56.5 Å². The van der Waals surface area contributed by atoms with Crippen LogP contribution in [0.3, 0.4) is 0 Å². The van der Waals surface area contributed by atoms with Crippen molar-refractivity contribution >= 4 is 5.91 Å². The Hall–Kier alpha value is -2.40. The zero-order valence-corrected chi connectivity index (χ0v) is 20.7. The molecule has 1 N–H and O–H groups in total. The second-order valence-electron chi connectivity index (χ2n) is 10.6. The number of aromatic nitrogens is 1. The number of methoxy groups -OCH3 is 1. The number of benzene rings is 1. The van der Waals surface area contributed by atoms with Crippen LogP contribution in [0.15, 0.2) is 42.6 Å². The Morgan fingerprint density at radius 2 is 1.82 bits per heavy atom. The van der Waals surface area contributed by atoms with Crippen molar-refractivity contribution in [3.8, 4) is 5.88 Å². The number of rotatable bonds is 7. The molecule has 4 unspecified atom stereocenters. The molecule has 0 spiro atoms. The van der Waals surface area contributed by atoms with E-state index >= 15 is 0 Å². The van der Waals surface area contributed by atoms with E-state index in [0.29, 0.717) is 30.2 Å². The fraction of sp³-hybridized carbons (Fsp3) is 0.586. The highest BCUT2D eigenvalue weighted by Gasteiger charge is 2.42. The first kappa shape index (κ1) is 23.3. The van der Waals surface area contributed by atoms with Crippen LogP contribution in [0.2, 0.25) is 0 Å². The van der Waals surface area contributed by atoms with Gasteiger partial charge < -0.3 is 9.64 Å². The Bertz CT molecular complexity index is 975. The van der Waals surface area contributed by atoms with E-state index in [0.717, 1.165) is 31.2 Å². The minimum Gasteiger partial charge on any atom is -0.481 e. The van der Waals surface area contributed by atoms with Gasteiger partial charge in [0.2, 0.25) is 11.8 Å². The molecule has 1 amide bonds. The van der Waals surface area contributed by atoms with Crippen LogP contribution in [-0.4, -0.2) is 29.1 Å². The van der Waals surface area contributed by atoms with E-state index in [2.05, 4.69) is 58.5 Å². The maximum atomic E-state index is 14.0. The Balaban J connectivity index is 1.37. The van der Waals surface area contributed by atoms with Gasteiger partial charge in [0.05, 0.1) is 19.3 Å². The molecule has 5 nitrogen and oxygen atoms in total. The molecule has 1 saturated heterocycles. The van der Waals surface area contributed by atoms with Crippen LogP contribution >= 0.6 is 0 Å². The summed E-state index contributed by atoms with van der Waals surface area (Å²) >= 11 is 0. The van der Waals surface area contributed by atoms with Crippen LogP contribution < -0.4 is 10.1 Å². The van der Waals surface area contributed by atoms with E-state index in [1.165, 1.54) is 43.2 Å². The lowest BCUT2D eigenvalue weighted by atomic mass is 9.79. The molecule has 2 heterocycles. The monoisotopic (exact) mass is 461 g/mol. The maximum Gasteiger partial charge on any atom is 0.227 e. The molecule has 2 saturated carbocycles. The molecule has 0 radical (unpaired) electrons. The maximum absolute atomic E-state index is 14.0. The molecule has 3 aliphatic rings. The van der Waals surface area contributed by atoms with Gasteiger partial charge >= 0.3 is 0 Å². The van der Waals surface area contributed by atoms with Crippen molar-refractivity contribution in [3.05, 3.63) is 59.3 Å². The number of ether oxygens (including phenoxy) is 1. The van der Waals surface area contributed by atoms with Crippen molar-refractivity contribution in [2.75, 3.05) is 7.11 Å². The molecule has 5 rings (SSSR count). The minimum absolute atomic E-state index is 0.0314. The van der Waals surface area contributed by atoms with Crippen molar-refractivity contribution in [2.24, 2.45) is 11.8 Å². The van der Waals surface area contributed by atoms with Crippen LogP contribution in [-0.2, 0) is 11.3 Å². The SMILES string of the molecule is COc1ncc(C2CCC2)cc1CNC1CCC(c2ccccc2)N1C(=O)C1CCCCC1C. The lowest BCUT2D eigenvalue weighted by Gasteiger charge is -2.37. The molecular formula is C29H39N3O2. The minimum atomic E-state index is 0.0314. The third-order valence-corrected chi connectivity index (χ3v) is 8.50. The zero-order chi connectivity index (χ0) is 23.5. The lowest BCUT2D eigenvalue weighted by molar-refractivity contribution is -0.142. The van der Waals surface area contributed by atoms with Crippen molar-refractivity contribution in [1.82, 2.24) is 15.2 Å².